The van der Waals surface area contributed by atoms with Crippen molar-refractivity contribution in [3.8, 4) is 11.1 Å². The molecule has 20 heavy (non-hydrogen) atoms. The van der Waals surface area contributed by atoms with Crippen LogP contribution >= 0.6 is 0 Å². The van der Waals surface area contributed by atoms with E-state index in [2.05, 4.69) is 0 Å². The van der Waals surface area contributed by atoms with Gasteiger partial charge in [0.05, 0.1) is 0 Å². The number of alkyl halides is 2. The molecule has 0 saturated carbocycles. The molecule has 0 nitrogen and oxygen atoms in total. The van der Waals surface area contributed by atoms with E-state index in [0.29, 0.717) is 5.56 Å². The molecule has 106 valence electrons. The highest BCUT2D eigenvalue weighted by atomic mass is 19.3. The van der Waals surface area contributed by atoms with Gasteiger partial charge in [-0.15, -0.1) is 0 Å². The third kappa shape index (κ3) is 2.72. The van der Waals surface area contributed by atoms with Crippen LogP contribution in [0, 0.1) is 26.6 Å². The minimum absolute atomic E-state index is 0.00934. The fraction of sp³-hybridized carbons (Fsp3) is 0.294. The minimum atomic E-state index is -2.85. The maximum Gasteiger partial charge on any atom is 0.270 e. The number of aryl methyl sites for hydroxylation is 3. The van der Waals surface area contributed by atoms with Gasteiger partial charge in [0.1, 0.15) is 5.82 Å². The number of halogens is 3. The van der Waals surface area contributed by atoms with Gasteiger partial charge < -0.3 is 0 Å². The van der Waals surface area contributed by atoms with Crippen LogP contribution in [0.3, 0.4) is 0 Å². The van der Waals surface area contributed by atoms with Gasteiger partial charge >= 0.3 is 0 Å². The van der Waals surface area contributed by atoms with E-state index in [1.807, 2.05) is 0 Å². The Bertz CT molecular complexity index is 629. The molecule has 0 saturated heterocycles. The first kappa shape index (κ1) is 14.6. The molecular weight excluding hydrogens is 261 g/mol. The molecule has 0 aromatic heterocycles. The molecule has 0 heterocycles. The maximum atomic E-state index is 13.4. The number of benzene rings is 2. The molecule has 2 aromatic carbocycles. The average molecular weight is 278 g/mol. The molecule has 0 N–H and O–H groups in total. The van der Waals surface area contributed by atoms with Crippen molar-refractivity contribution in [3.05, 3.63) is 58.4 Å². The molecule has 0 fully saturated rings. The van der Waals surface area contributed by atoms with E-state index in [4.69, 9.17) is 0 Å². The Morgan fingerprint density at radius 3 is 1.85 bits per heavy atom. The molecule has 0 aliphatic rings. The second-order valence-electron chi connectivity index (χ2n) is 5.34. The summed E-state index contributed by atoms with van der Waals surface area (Å²) >= 11 is 0. The van der Waals surface area contributed by atoms with Crippen LogP contribution in [0.15, 0.2) is 30.3 Å². The predicted molar refractivity (Wildman–Crippen MR) is 75.6 cm³/mol. The molecule has 0 atom stereocenters. The lowest BCUT2D eigenvalue weighted by atomic mass is 9.91. The summed E-state index contributed by atoms with van der Waals surface area (Å²) in [6.45, 7) is 6.19. The Morgan fingerprint density at radius 2 is 1.40 bits per heavy atom. The molecule has 2 aromatic rings. The topological polar surface area (TPSA) is 0 Å². The van der Waals surface area contributed by atoms with Gasteiger partial charge in [-0.2, -0.15) is 0 Å². The van der Waals surface area contributed by atoms with Gasteiger partial charge in [0, 0.05) is 12.5 Å². The van der Waals surface area contributed by atoms with Gasteiger partial charge in [0.15, 0.2) is 0 Å². The van der Waals surface area contributed by atoms with Gasteiger partial charge in [0.2, 0.25) is 0 Å². The fourth-order valence-electron chi connectivity index (χ4n) is 2.47. The quantitative estimate of drug-likeness (QED) is 0.677. The zero-order valence-electron chi connectivity index (χ0n) is 12.0. The SMILES string of the molecule is Cc1cc(-c2c(C)cc(C(C)(F)F)cc2C)ccc1F. The highest BCUT2D eigenvalue weighted by molar-refractivity contribution is 5.72. The summed E-state index contributed by atoms with van der Waals surface area (Å²) in [5, 5.41) is 0. The number of rotatable bonds is 2. The molecule has 2 rings (SSSR count). The Balaban J connectivity index is 2.61. The molecule has 0 radical (unpaired) electrons. The van der Waals surface area contributed by atoms with Crippen LogP contribution in [0.2, 0.25) is 0 Å². The van der Waals surface area contributed by atoms with Crippen LogP contribution in [-0.2, 0) is 5.92 Å². The Labute approximate surface area is 117 Å². The standard InChI is InChI=1S/C17H17F3/c1-10-7-13(5-6-15(10)18)16-11(2)8-14(9-12(16)3)17(4,19)20/h5-9H,1-4H3. The molecule has 0 unspecified atom stereocenters. The van der Waals surface area contributed by atoms with E-state index in [0.717, 1.165) is 29.2 Å². The van der Waals surface area contributed by atoms with Crippen molar-refractivity contribution in [1.29, 1.82) is 0 Å². The third-order valence-corrected chi connectivity index (χ3v) is 3.49. The molecule has 3 heteroatoms. The second-order valence-corrected chi connectivity index (χ2v) is 5.34. The lowest BCUT2D eigenvalue weighted by Gasteiger charge is -2.17. The monoisotopic (exact) mass is 278 g/mol. The summed E-state index contributed by atoms with van der Waals surface area (Å²) in [6, 6.07) is 7.84. The molecule has 0 bridgehead atoms. The lowest BCUT2D eigenvalue weighted by Crippen LogP contribution is -2.08. The van der Waals surface area contributed by atoms with Gasteiger partial charge in [-0.25, -0.2) is 13.2 Å². The highest BCUT2D eigenvalue weighted by Gasteiger charge is 2.25. The van der Waals surface area contributed by atoms with E-state index < -0.39 is 5.92 Å². The van der Waals surface area contributed by atoms with E-state index in [1.54, 1.807) is 32.9 Å². The largest absolute Gasteiger partial charge is 0.270 e. The van der Waals surface area contributed by atoms with E-state index >= 15 is 0 Å². The van der Waals surface area contributed by atoms with Crippen LogP contribution in [0.25, 0.3) is 11.1 Å². The first-order valence-electron chi connectivity index (χ1n) is 6.46. The van der Waals surface area contributed by atoms with Gasteiger partial charge in [0.25, 0.3) is 5.92 Å². The smallest absolute Gasteiger partial charge is 0.207 e. The van der Waals surface area contributed by atoms with Gasteiger partial charge in [-0.1, -0.05) is 6.07 Å². The van der Waals surface area contributed by atoms with Crippen LogP contribution in [-0.4, -0.2) is 0 Å². The average Bonchev–Trinajstić information content (AvgIpc) is 2.31. The van der Waals surface area contributed by atoms with Crippen molar-refractivity contribution in [1.82, 2.24) is 0 Å². The van der Waals surface area contributed by atoms with E-state index in [-0.39, 0.29) is 11.4 Å². The Kier molecular flexibility index (Phi) is 3.63. The molecule has 0 aliphatic carbocycles. The fourth-order valence-corrected chi connectivity index (χ4v) is 2.47. The third-order valence-electron chi connectivity index (χ3n) is 3.49. The molecule has 0 aliphatic heterocycles. The minimum Gasteiger partial charge on any atom is -0.207 e. The summed E-state index contributed by atoms with van der Waals surface area (Å²) < 4.78 is 40.2. The number of hydrogen-bond acceptors (Lipinski definition) is 0. The molecule has 0 spiro atoms. The number of hydrogen-bond donors (Lipinski definition) is 0. The predicted octanol–water partition coefficient (Wildman–Crippen LogP) is 5.53. The summed E-state index contributed by atoms with van der Waals surface area (Å²) in [6.07, 6.45) is 0. The summed E-state index contributed by atoms with van der Waals surface area (Å²) in [7, 11) is 0. The van der Waals surface area contributed by atoms with Crippen molar-refractivity contribution in [2.45, 2.75) is 33.6 Å². The first-order chi connectivity index (χ1) is 9.20. The summed E-state index contributed by atoms with van der Waals surface area (Å²) in [5.74, 6) is -3.12. The van der Waals surface area contributed by atoms with Crippen LogP contribution in [0.5, 0.6) is 0 Å². The molecular formula is C17H17F3. The second kappa shape index (κ2) is 4.97. The van der Waals surface area contributed by atoms with Crippen LogP contribution < -0.4 is 0 Å². The maximum absolute atomic E-state index is 13.4. The van der Waals surface area contributed by atoms with Crippen molar-refractivity contribution in [2.75, 3.05) is 0 Å². The van der Waals surface area contributed by atoms with Crippen molar-refractivity contribution >= 4 is 0 Å². The summed E-state index contributed by atoms with van der Waals surface area (Å²) in [5.41, 5.74) is 3.84. The zero-order chi connectivity index (χ0) is 15.1. The normalized spacial score (nSPS) is 11.8. The van der Waals surface area contributed by atoms with Crippen molar-refractivity contribution in [2.24, 2.45) is 0 Å². The molecule has 0 amide bonds. The van der Waals surface area contributed by atoms with Crippen molar-refractivity contribution in [3.63, 3.8) is 0 Å². The van der Waals surface area contributed by atoms with Gasteiger partial charge in [-0.3, -0.25) is 0 Å². The first-order valence-corrected chi connectivity index (χ1v) is 6.46. The van der Waals surface area contributed by atoms with E-state index in [1.165, 1.54) is 18.2 Å². The highest BCUT2D eigenvalue weighted by Crippen LogP contribution is 2.34. The van der Waals surface area contributed by atoms with Crippen molar-refractivity contribution < 1.29 is 13.2 Å². The zero-order valence-corrected chi connectivity index (χ0v) is 12.0. The van der Waals surface area contributed by atoms with Crippen LogP contribution in [0.4, 0.5) is 13.2 Å². The lowest BCUT2D eigenvalue weighted by molar-refractivity contribution is 0.0174. The van der Waals surface area contributed by atoms with Gasteiger partial charge in [-0.05, 0) is 72.9 Å². The Morgan fingerprint density at radius 1 is 0.850 bits per heavy atom. The Hall–Kier alpha value is -1.77. The van der Waals surface area contributed by atoms with E-state index in [9.17, 15) is 13.2 Å². The summed E-state index contributed by atoms with van der Waals surface area (Å²) in [4.78, 5) is 0. The van der Waals surface area contributed by atoms with Crippen LogP contribution in [0.1, 0.15) is 29.2 Å².